The molecule has 0 aliphatic carbocycles. The molecule has 0 saturated carbocycles. The monoisotopic (exact) mass is 380 g/mol. The Morgan fingerprint density at radius 1 is 1.38 bits per heavy atom. The van der Waals surface area contributed by atoms with Crippen LogP contribution in [0.25, 0.3) is 0 Å². The normalized spacial score (nSPS) is 14.0. The van der Waals surface area contributed by atoms with Gasteiger partial charge in [-0.05, 0) is 6.07 Å². The van der Waals surface area contributed by atoms with Gasteiger partial charge < -0.3 is 20.3 Å². The quantitative estimate of drug-likeness (QED) is 0.575. The lowest BCUT2D eigenvalue weighted by atomic mass is 10.2. The van der Waals surface area contributed by atoms with Gasteiger partial charge in [-0.2, -0.15) is 0 Å². The van der Waals surface area contributed by atoms with Gasteiger partial charge in [0.05, 0.1) is 23.8 Å². The number of halogens is 2. The molecule has 1 aliphatic rings. The third-order valence-corrected chi connectivity index (χ3v) is 3.53. The number of hydrogen-bond acceptors (Lipinski definition) is 6. The highest BCUT2D eigenvalue weighted by atomic mass is 35.5. The molecular weight excluding hydrogens is 359 g/mol. The molecule has 0 bridgehead atoms. The van der Waals surface area contributed by atoms with Crippen molar-refractivity contribution in [3.8, 4) is 5.75 Å². The highest BCUT2D eigenvalue weighted by molar-refractivity contribution is 5.92. The van der Waals surface area contributed by atoms with Crippen molar-refractivity contribution in [1.82, 2.24) is 10.2 Å². The van der Waals surface area contributed by atoms with Gasteiger partial charge in [-0.3, -0.25) is 14.9 Å². The molecular formula is C14H22Cl2N4O4. The summed E-state index contributed by atoms with van der Waals surface area (Å²) < 4.78 is 5.09. The lowest BCUT2D eigenvalue weighted by Crippen LogP contribution is -2.44. The summed E-state index contributed by atoms with van der Waals surface area (Å²) in [5.41, 5.74) is 0.370. The number of piperazine rings is 1. The van der Waals surface area contributed by atoms with Crippen LogP contribution in [-0.2, 0) is 4.79 Å². The fourth-order valence-corrected chi connectivity index (χ4v) is 2.30. The predicted molar refractivity (Wildman–Crippen MR) is 96.7 cm³/mol. The molecule has 1 aromatic rings. The number of carbonyl (C=O) groups excluding carboxylic acids is 1. The van der Waals surface area contributed by atoms with Crippen LogP contribution in [-0.4, -0.2) is 55.6 Å². The number of nitro groups is 1. The number of nitrogens with zero attached hydrogens (tertiary/aromatic N) is 2. The Morgan fingerprint density at radius 3 is 2.62 bits per heavy atom. The number of ether oxygens (including phenoxy) is 1. The van der Waals surface area contributed by atoms with Gasteiger partial charge >= 0.3 is 0 Å². The summed E-state index contributed by atoms with van der Waals surface area (Å²) in [6.07, 6.45) is 0.375. The van der Waals surface area contributed by atoms with Crippen LogP contribution in [0.5, 0.6) is 5.75 Å². The van der Waals surface area contributed by atoms with Crippen LogP contribution in [0, 0.1) is 10.1 Å². The zero-order chi connectivity index (χ0) is 15.9. The first-order valence-electron chi connectivity index (χ1n) is 7.15. The first-order chi connectivity index (χ1) is 10.6. The molecule has 1 amide bonds. The first kappa shape index (κ1) is 22.4. The minimum atomic E-state index is -0.501. The van der Waals surface area contributed by atoms with Crippen molar-refractivity contribution in [1.29, 1.82) is 0 Å². The highest BCUT2D eigenvalue weighted by Crippen LogP contribution is 2.29. The summed E-state index contributed by atoms with van der Waals surface area (Å²) in [5, 5.41) is 16.7. The van der Waals surface area contributed by atoms with Crippen molar-refractivity contribution >= 4 is 42.1 Å². The number of hydrogen-bond donors (Lipinski definition) is 2. The number of methoxy groups -OCH3 is 1. The van der Waals surface area contributed by atoms with E-state index in [9.17, 15) is 14.9 Å². The van der Waals surface area contributed by atoms with Crippen LogP contribution in [0.2, 0.25) is 0 Å². The SMILES string of the molecule is COc1cc([N+](=O)[O-])ccc1NC(=O)CCN1CCNCC1.Cl.Cl. The third kappa shape index (κ3) is 6.48. The van der Waals surface area contributed by atoms with Crippen molar-refractivity contribution in [3.05, 3.63) is 28.3 Å². The lowest BCUT2D eigenvalue weighted by Gasteiger charge is -2.26. The minimum Gasteiger partial charge on any atom is -0.494 e. The van der Waals surface area contributed by atoms with E-state index in [-0.39, 0.29) is 42.2 Å². The molecule has 24 heavy (non-hydrogen) atoms. The molecule has 1 saturated heterocycles. The van der Waals surface area contributed by atoms with E-state index in [0.29, 0.717) is 18.7 Å². The smallest absolute Gasteiger partial charge is 0.273 e. The summed E-state index contributed by atoms with van der Waals surface area (Å²) in [7, 11) is 1.41. The summed E-state index contributed by atoms with van der Waals surface area (Å²) in [5.74, 6) is 0.149. The number of nitrogens with one attached hydrogen (secondary N) is 2. The Bertz CT molecular complexity index is 554. The second kappa shape index (κ2) is 11.0. The number of benzene rings is 1. The van der Waals surface area contributed by atoms with E-state index in [4.69, 9.17) is 4.74 Å². The molecule has 0 atom stereocenters. The standard InChI is InChI=1S/C14H20N4O4.2ClH/c1-22-13-10-11(18(20)21)2-3-12(13)16-14(19)4-7-17-8-5-15-6-9-17;;/h2-3,10,15H,4-9H2,1H3,(H,16,19);2*1H. The average Bonchev–Trinajstić information content (AvgIpc) is 2.54. The maximum absolute atomic E-state index is 12.0. The number of nitro benzene ring substituents is 1. The molecule has 0 radical (unpaired) electrons. The fraction of sp³-hybridized carbons (Fsp3) is 0.500. The van der Waals surface area contributed by atoms with Gasteiger partial charge in [-0.25, -0.2) is 0 Å². The summed E-state index contributed by atoms with van der Waals surface area (Å²) in [6, 6.07) is 4.13. The molecule has 2 N–H and O–H groups in total. The summed E-state index contributed by atoms with van der Waals surface area (Å²) in [4.78, 5) is 24.5. The van der Waals surface area contributed by atoms with Crippen LogP contribution in [0.1, 0.15) is 6.42 Å². The van der Waals surface area contributed by atoms with Crippen molar-refractivity contribution in [2.45, 2.75) is 6.42 Å². The van der Waals surface area contributed by atoms with Crippen molar-refractivity contribution in [2.24, 2.45) is 0 Å². The van der Waals surface area contributed by atoms with Gasteiger partial charge in [0.25, 0.3) is 5.69 Å². The molecule has 0 unspecified atom stereocenters. The maximum Gasteiger partial charge on any atom is 0.273 e. The first-order valence-corrected chi connectivity index (χ1v) is 7.15. The van der Waals surface area contributed by atoms with E-state index in [1.165, 1.54) is 25.3 Å². The molecule has 10 heteroatoms. The number of carbonyl (C=O) groups is 1. The molecule has 8 nitrogen and oxygen atoms in total. The van der Waals surface area contributed by atoms with Crippen LogP contribution in [0.3, 0.4) is 0 Å². The Kier molecular flexibility index (Phi) is 10.3. The largest absolute Gasteiger partial charge is 0.494 e. The average molecular weight is 381 g/mol. The van der Waals surface area contributed by atoms with Crippen LogP contribution < -0.4 is 15.4 Å². The van der Waals surface area contributed by atoms with Gasteiger partial charge in [0.1, 0.15) is 5.75 Å². The van der Waals surface area contributed by atoms with E-state index in [1.54, 1.807) is 0 Å². The van der Waals surface area contributed by atoms with Crippen molar-refractivity contribution in [2.75, 3.05) is 45.2 Å². The minimum absolute atomic E-state index is 0. The molecule has 136 valence electrons. The molecule has 1 heterocycles. The van der Waals surface area contributed by atoms with Gasteiger partial charge in [-0.1, -0.05) is 0 Å². The molecule has 2 rings (SSSR count). The highest BCUT2D eigenvalue weighted by Gasteiger charge is 2.15. The van der Waals surface area contributed by atoms with E-state index >= 15 is 0 Å². The van der Waals surface area contributed by atoms with E-state index in [1.807, 2.05) is 0 Å². The molecule has 1 fully saturated rings. The zero-order valence-corrected chi connectivity index (χ0v) is 15.0. The maximum atomic E-state index is 12.0. The van der Waals surface area contributed by atoms with Gasteiger partial charge in [0, 0.05) is 45.2 Å². The van der Waals surface area contributed by atoms with Gasteiger partial charge in [0.15, 0.2) is 0 Å². The number of non-ortho nitro benzene ring substituents is 1. The summed E-state index contributed by atoms with van der Waals surface area (Å²) >= 11 is 0. The van der Waals surface area contributed by atoms with Gasteiger partial charge in [-0.15, -0.1) is 24.8 Å². The van der Waals surface area contributed by atoms with E-state index < -0.39 is 4.92 Å². The Morgan fingerprint density at radius 2 is 2.04 bits per heavy atom. The summed E-state index contributed by atoms with van der Waals surface area (Å²) in [6.45, 7) is 4.46. The zero-order valence-electron chi connectivity index (χ0n) is 13.3. The lowest BCUT2D eigenvalue weighted by molar-refractivity contribution is -0.384. The Labute approximate surface area is 152 Å². The molecule has 1 aromatic carbocycles. The van der Waals surface area contributed by atoms with Gasteiger partial charge in [0.2, 0.25) is 5.91 Å². The van der Waals surface area contributed by atoms with E-state index in [0.717, 1.165) is 26.2 Å². The molecule has 0 spiro atoms. The van der Waals surface area contributed by atoms with Crippen LogP contribution in [0.15, 0.2) is 18.2 Å². The third-order valence-electron chi connectivity index (χ3n) is 3.53. The second-order valence-electron chi connectivity index (χ2n) is 5.03. The van der Waals surface area contributed by atoms with Crippen molar-refractivity contribution < 1.29 is 14.5 Å². The number of amides is 1. The van der Waals surface area contributed by atoms with Crippen LogP contribution >= 0.6 is 24.8 Å². The topological polar surface area (TPSA) is 96.7 Å². The second-order valence-corrected chi connectivity index (χ2v) is 5.03. The fourth-order valence-electron chi connectivity index (χ4n) is 2.30. The van der Waals surface area contributed by atoms with Crippen molar-refractivity contribution in [3.63, 3.8) is 0 Å². The molecule has 1 aliphatic heterocycles. The van der Waals surface area contributed by atoms with Crippen LogP contribution in [0.4, 0.5) is 11.4 Å². The van der Waals surface area contributed by atoms with E-state index in [2.05, 4.69) is 15.5 Å². The number of anilines is 1. The predicted octanol–water partition coefficient (Wildman–Crippen LogP) is 1.68. The Balaban J connectivity index is 0.00000264. The Hall–Kier alpha value is -1.61. The molecule has 0 aromatic heterocycles. The number of rotatable bonds is 6.